The molecule has 6 nitrogen and oxygen atoms in total. The Morgan fingerprint density at radius 2 is 2.10 bits per heavy atom. The first kappa shape index (κ1) is 15.5. The van der Waals surface area contributed by atoms with Crippen molar-refractivity contribution in [1.82, 2.24) is 0 Å². The molecule has 0 radical (unpaired) electrons. The summed E-state index contributed by atoms with van der Waals surface area (Å²) in [6.45, 7) is 3.66. The van der Waals surface area contributed by atoms with Crippen molar-refractivity contribution >= 4 is 21.5 Å². The number of carbonyl (C=O) groups excluding carboxylic acids is 1. The molecule has 0 aliphatic carbocycles. The molecule has 1 aliphatic heterocycles. The monoisotopic (exact) mass is 311 g/mol. The van der Waals surface area contributed by atoms with Gasteiger partial charge in [-0.15, -0.1) is 0 Å². The van der Waals surface area contributed by atoms with E-state index in [0.29, 0.717) is 22.4 Å². The third-order valence-electron chi connectivity index (χ3n) is 3.35. The van der Waals surface area contributed by atoms with Crippen LogP contribution in [0.25, 0.3) is 0 Å². The van der Waals surface area contributed by atoms with Crippen LogP contribution in [-0.4, -0.2) is 39.6 Å². The quantitative estimate of drug-likeness (QED) is 0.627. The summed E-state index contributed by atoms with van der Waals surface area (Å²) in [7, 11) is -1.96. The molecule has 7 heteroatoms. The standard InChI is InChI=1S/C14H17NO5S/c1-4-20-14(16)10-5-6-12-13(9(10)2)11(15-19-3)7-8-21(12,17)18/h5-6H,4,7-8H2,1-3H3/b15-11+. The average Bonchev–Trinajstić information content (AvgIpc) is 2.42. The summed E-state index contributed by atoms with van der Waals surface area (Å²) < 4.78 is 29.3. The molecule has 0 atom stereocenters. The predicted molar refractivity (Wildman–Crippen MR) is 77.4 cm³/mol. The van der Waals surface area contributed by atoms with E-state index < -0.39 is 15.8 Å². The molecule has 0 spiro atoms. The molecule has 0 aromatic heterocycles. The fraction of sp³-hybridized carbons (Fsp3) is 0.429. The summed E-state index contributed by atoms with van der Waals surface area (Å²) in [5.41, 5.74) is 1.88. The highest BCUT2D eigenvalue weighted by atomic mass is 32.2. The Morgan fingerprint density at radius 1 is 1.38 bits per heavy atom. The van der Waals surface area contributed by atoms with Crippen molar-refractivity contribution in [3.05, 3.63) is 28.8 Å². The van der Waals surface area contributed by atoms with E-state index in [1.165, 1.54) is 19.2 Å². The first-order valence-electron chi connectivity index (χ1n) is 6.56. The van der Waals surface area contributed by atoms with E-state index >= 15 is 0 Å². The van der Waals surface area contributed by atoms with Crippen LogP contribution in [0.2, 0.25) is 0 Å². The highest BCUT2D eigenvalue weighted by Crippen LogP contribution is 2.30. The average molecular weight is 311 g/mol. The molecule has 0 fully saturated rings. The molecule has 2 rings (SSSR count). The minimum absolute atomic E-state index is 0.0135. The maximum absolute atomic E-state index is 12.2. The van der Waals surface area contributed by atoms with Gasteiger partial charge in [0.15, 0.2) is 9.84 Å². The molecule has 0 unspecified atom stereocenters. The van der Waals surface area contributed by atoms with Gasteiger partial charge in [0.25, 0.3) is 0 Å². The summed E-state index contributed by atoms with van der Waals surface area (Å²) >= 11 is 0. The zero-order chi connectivity index (χ0) is 15.6. The molecule has 0 amide bonds. The maximum Gasteiger partial charge on any atom is 0.338 e. The molecule has 21 heavy (non-hydrogen) atoms. The van der Waals surface area contributed by atoms with E-state index in [-0.39, 0.29) is 23.7 Å². The largest absolute Gasteiger partial charge is 0.462 e. The van der Waals surface area contributed by atoms with Crippen LogP contribution in [0.15, 0.2) is 22.2 Å². The van der Waals surface area contributed by atoms with Crippen LogP contribution < -0.4 is 0 Å². The predicted octanol–water partition coefficient (Wildman–Crippen LogP) is 1.70. The number of ether oxygens (including phenoxy) is 1. The van der Waals surface area contributed by atoms with Crippen LogP contribution in [0.5, 0.6) is 0 Å². The van der Waals surface area contributed by atoms with E-state index in [2.05, 4.69) is 5.16 Å². The minimum Gasteiger partial charge on any atom is -0.462 e. The molecule has 0 N–H and O–H groups in total. The molecule has 114 valence electrons. The van der Waals surface area contributed by atoms with Crippen LogP contribution in [-0.2, 0) is 19.4 Å². The molecule has 1 aromatic rings. The van der Waals surface area contributed by atoms with Gasteiger partial charge in [0.2, 0.25) is 0 Å². The van der Waals surface area contributed by atoms with Crippen molar-refractivity contribution < 1.29 is 22.8 Å². The molecule has 0 bridgehead atoms. The van der Waals surface area contributed by atoms with E-state index in [4.69, 9.17) is 9.57 Å². The number of esters is 1. The normalized spacial score (nSPS) is 18.1. The highest BCUT2D eigenvalue weighted by Gasteiger charge is 2.31. The van der Waals surface area contributed by atoms with Gasteiger partial charge in [-0.05, 0) is 31.5 Å². The number of hydrogen-bond donors (Lipinski definition) is 0. The Bertz CT molecular complexity index is 706. The zero-order valence-electron chi connectivity index (χ0n) is 12.2. The van der Waals surface area contributed by atoms with Crippen LogP contribution in [0.3, 0.4) is 0 Å². The third kappa shape index (κ3) is 2.78. The lowest BCUT2D eigenvalue weighted by Gasteiger charge is -2.21. The van der Waals surface area contributed by atoms with Gasteiger partial charge in [0, 0.05) is 12.0 Å². The summed E-state index contributed by atoms with van der Waals surface area (Å²) in [6.07, 6.45) is 0.260. The molecule has 1 heterocycles. The van der Waals surface area contributed by atoms with Crippen LogP contribution in [0.4, 0.5) is 0 Å². The van der Waals surface area contributed by atoms with Crippen LogP contribution in [0, 0.1) is 6.92 Å². The van der Waals surface area contributed by atoms with Crippen molar-refractivity contribution in [2.75, 3.05) is 19.5 Å². The molecule has 0 saturated heterocycles. The zero-order valence-corrected chi connectivity index (χ0v) is 13.0. The topological polar surface area (TPSA) is 82.0 Å². The molecule has 1 aromatic carbocycles. The minimum atomic E-state index is -3.36. The smallest absolute Gasteiger partial charge is 0.338 e. The van der Waals surface area contributed by atoms with Gasteiger partial charge >= 0.3 is 5.97 Å². The second kappa shape index (κ2) is 5.85. The van der Waals surface area contributed by atoms with Crippen molar-refractivity contribution in [3.8, 4) is 0 Å². The van der Waals surface area contributed by atoms with Crippen molar-refractivity contribution in [1.29, 1.82) is 0 Å². The second-order valence-corrected chi connectivity index (χ2v) is 6.70. The van der Waals surface area contributed by atoms with E-state index in [1.807, 2.05) is 0 Å². The lowest BCUT2D eigenvalue weighted by atomic mass is 9.97. The summed E-state index contributed by atoms with van der Waals surface area (Å²) in [4.78, 5) is 16.9. The number of sulfone groups is 1. The van der Waals surface area contributed by atoms with Gasteiger partial charge in [-0.1, -0.05) is 5.16 Å². The van der Waals surface area contributed by atoms with E-state index in [1.54, 1.807) is 13.8 Å². The van der Waals surface area contributed by atoms with Gasteiger partial charge in [-0.25, -0.2) is 13.2 Å². The second-order valence-electron chi connectivity index (χ2n) is 4.62. The molecule has 1 aliphatic rings. The maximum atomic E-state index is 12.2. The Labute approximate surface area is 123 Å². The number of nitrogens with zero attached hydrogens (tertiary/aromatic N) is 1. The van der Waals surface area contributed by atoms with Crippen molar-refractivity contribution in [2.24, 2.45) is 5.16 Å². The lowest BCUT2D eigenvalue weighted by Crippen LogP contribution is -2.24. The Kier molecular flexibility index (Phi) is 4.32. The Hall–Kier alpha value is -1.89. The summed E-state index contributed by atoms with van der Waals surface area (Å²) in [5.74, 6) is -0.488. The number of rotatable bonds is 3. The third-order valence-corrected chi connectivity index (χ3v) is 5.11. The van der Waals surface area contributed by atoms with E-state index in [0.717, 1.165) is 0 Å². The fourth-order valence-corrected chi connectivity index (χ4v) is 3.94. The number of benzene rings is 1. The molecular formula is C14H17NO5S. The van der Waals surface area contributed by atoms with Crippen molar-refractivity contribution in [2.45, 2.75) is 25.2 Å². The first-order valence-corrected chi connectivity index (χ1v) is 8.21. The van der Waals surface area contributed by atoms with Gasteiger partial charge < -0.3 is 9.57 Å². The van der Waals surface area contributed by atoms with E-state index in [9.17, 15) is 13.2 Å². The number of fused-ring (bicyclic) bond motifs is 1. The summed E-state index contributed by atoms with van der Waals surface area (Å²) in [5, 5.41) is 3.90. The Morgan fingerprint density at radius 3 is 2.71 bits per heavy atom. The number of carbonyl (C=O) groups is 1. The van der Waals surface area contributed by atoms with Gasteiger partial charge in [0.1, 0.15) is 7.11 Å². The summed E-state index contributed by atoms with van der Waals surface area (Å²) in [6, 6.07) is 2.92. The van der Waals surface area contributed by atoms with Gasteiger partial charge in [-0.2, -0.15) is 0 Å². The SMILES string of the molecule is CCOC(=O)c1ccc2c(c1C)/C(=N/OC)CCS2(=O)=O. The fourth-order valence-electron chi connectivity index (χ4n) is 2.40. The lowest BCUT2D eigenvalue weighted by molar-refractivity contribution is 0.0525. The number of oxime groups is 1. The molecule has 0 saturated carbocycles. The highest BCUT2D eigenvalue weighted by molar-refractivity contribution is 7.91. The van der Waals surface area contributed by atoms with Crippen LogP contribution in [0.1, 0.15) is 34.8 Å². The van der Waals surface area contributed by atoms with Gasteiger partial charge in [0.05, 0.1) is 28.5 Å². The van der Waals surface area contributed by atoms with Gasteiger partial charge in [-0.3, -0.25) is 0 Å². The Balaban J connectivity index is 2.68. The van der Waals surface area contributed by atoms with Crippen molar-refractivity contribution in [3.63, 3.8) is 0 Å². The number of hydrogen-bond acceptors (Lipinski definition) is 6. The molecular weight excluding hydrogens is 294 g/mol. The van der Waals surface area contributed by atoms with Crippen LogP contribution >= 0.6 is 0 Å². The first-order chi connectivity index (χ1) is 9.92.